The van der Waals surface area contributed by atoms with Gasteiger partial charge in [-0.25, -0.2) is 4.98 Å². The van der Waals surface area contributed by atoms with E-state index < -0.39 is 0 Å². The van der Waals surface area contributed by atoms with E-state index >= 15 is 0 Å². The lowest BCUT2D eigenvalue weighted by Gasteiger charge is -2.17. The van der Waals surface area contributed by atoms with E-state index in [1.54, 1.807) is 0 Å². The maximum atomic E-state index is 5.86. The van der Waals surface area contributed by atoms with Crippen molar-refractivity contribution in [3.05, 3.63) is 41.2 Å². The topological polar surface area (TPSA) is 57.9 Å². The molecule has 4 heteroatoms. The van der Waals surface area contributed by atoms with Crippen molar-refractivity contribution in [2.75, 3.05) is 17.7 Å². The highest BCUT2D eigenvalue weighted by atomic mass is 15.2. The minimum Gasteiger partial charge on any atom is -0.382 e. The summed E-state index contributed by atoms with van der Waals surface area (Å²) >= 11 is 0. The molecule has 4 nitrogen and oxygen atoms in total. The molecule has 1 aromatic heterocycles. The summed E-state index contributed by atoms with van der Waals surface area (Å²) in [6, 6.07) is 8.48. The molecular formula is C13H18N4. The molecule has 2 aromatic rings. The Morgan fingerprint density at radius 2 is 1.88 bits per heavy atom. The molecule has 0 bridgehead atoms. The normalized spacial score (nSPS) is 10.5. The van der Waals surface area contributed by atoms with Crippen LogP contribution in [0.4, 0.5) is 11.6 Å². The number of hydrogen-bond donors (Lipinski definition) is 2. The van der Waals surface area contributed by atoms with Gasteiger partial charge in [-0.15, -0.1) is 0 Å². The second-order valence-electron chi connectivity index (χ2n) is 4.40. The fourth-order valence-corrected chi connectivity index (χ4v) is 1.83. The van der Waals surface area contributed by atoms with E-state index in [1.165, 1.54) is 11.1 Å². The number of nitrogens with one attached hydrogen (secondary N) is 1. The number of benzene rings is 1. The first-order chi connectivity index (χ1) is 8.06. The summed E-state index contributed by atoms with van der Waals surface area (Å²) in [6.07, 6.45) is 0. The number of nitrogens with zero attached hydrogens (tertiary/aromatic N) is 2. The number of aromatic nitrogens is 2. The zero-order valence-corrected chi connectivity index (χ0v) is 10.5. The number of rotatable bonds is 3. The van der Waals surface area contributed by atoms with Gasteiger partial charge in [-0.1, -0.05) is 29.8 Å². The van der Waals surface area contributed by atoms with Crippen molar-refractivity contribution in [2.45, 2.75) is 20.4 Å². The van der Waals surface area contributed by atoms with E-state index in [9.17, 15) is 0 Å². The van der Waals surface area contributed by atoms with Gasteiger partial charge in [-0.2, -0.15) is 0 Å². The molecule has 0 radical (unpaired) electrons. The second kappa shape index (κ2) is 4.49. The van der Waals surface area contributed by atoms with Crippen LogP contribution in [0.1, 0.15) is 17.0 Å². The van der Waals surface area contributed by atoms with Gasteiger partial charge in [0.1, 0.15) is 11.6 Å². The van der Waals surface area contributed by atoms with Gasteiger partial charge in [-0.05, 0) is 19.4 Å². The first-order valence-electron chi connectivity index (χ1n) is 5.65. The third kappa shape index (κ3) is 2.58. The van der Waals surface area contributed by atoms with E-state index in [1.807, 2.05) is 18.9 Å². The number of H-pyrrole nitrogens is 1. The van der Waals surface area contributed by atoms with Gasteiger partial charge >= 0.3 is 0 Å². The molecule has 0 atom stereocenters. The van der Waals surface area contributed by atoms with Gasteiger partial charge in [0.05, 0.1) is 0 Å². The molecule has 0 aliphatic heterocycles. The quantitative estimate of drug-likeness (QED) is 0.850. The van der Waals surface area contributed by atoms with Crippen LogP contribution in [0.2, 0.25) is 0 Å². The van der Waals surface area contributed by atoms with Crippen molar-refractivity contribution < 1.29 is 0 Å². The predicted octanol–water partition coefficient (Wildman–Crippen LogP) is 2.25. The SMILES string of the molecule is Cc1ccc(CN(C)c2nc(C)[nH]c2N)cc1. The minimum atomic E-state index is 0.622. The van der Waals surface area contributed by atoms with Crippen LogP contribution in [0.25, 0.3) is 0 Å². The zero-order chi connectivity index (χ0) is 12.4. The van der Waals surface area contributed by atoms with Crippen molar-refractivity contribution >= 4 is 11.6 Å². The molecule has 2 rings (SSSR count). The van der Waals surface area contributed by atoms with Crippen LogP contribution in [0, 0.1) is 13.8 Å². The van der Waals surface area contributed by atoms with Crippen LogP contribution < -0.4 is 10.6 Å². The standard InChI is InChI=1S/C13H18N4/c1-9-4-6-11(7-5-9)8-17(3)13-12(14)15-10(2)16-13/h4-7H,8,14H2,1-3H3,(H,15,16). The molecule has 0 aliphatic carbocycles. The molecule has 0 saturated carbocycles. The Hall–Kier alpha value is -1.97. The number of anilines is 2. The summed E-state index contributed by atoms with van der Waals surface area (Å²) in [5, 5.41) is 0. The highest BCUT2D eigenvalue weighted by molar-refractivity contribution is 5.58. The van der Waals surface area contributed by atoms with Gasteiger partial charge in [0.2, 0.25) is 0 Å². The van der Waals surface area contributed by atoms with Gasteiger partial charge in [0, 0.05) is 13.6 Å². The predicted molar refractivity (Wildman–Crippen MR) is 71.0 cm³/mol. The van der Waals surface area contributed by atoms with Crippen LogP contribution in [0.5, 0.6) is 0 Å². The summed E-state index contributed by atoms with van der Waals surface area (Å²) in [5.74, 6) is 2.27. The molecule has 3 N–H and O–H groups in total. The van der Waals surface area contributed by atoms with Gasteiger partial charge < -0.3 is 15.6 Å². The minimum absolute atomic E-state index is 0.622. The van der Waals surface area contributed by atoms with Crippen LogP contribution in [-0.4, -0.2) is 17.0 Å². The van der Waals surface area contributed by atoms with Crippen LogP contribution in [-0.2, 0) is 6.54 Å². The molecule has 0 aliphatic rings. The molecule has 0 unspecified atom stereocenters. The van der Waals surface area contributed by atoms with Crippen molar-refractivity contribution in [2.24, 2.45) is 0 Å². The first-order valence-corrected chi connectivity index (χ1v) is 5.65. The molecule has 1 heterocycles. The molecule has 0 spiro atoms. The number of hydrogen-bond acceptors (Lipinski definition) is 3. The largest absolute Gasteiger partial charge is 0.382 e. The summed E-state index contributed by atoms with van der Waals surface area (Å²) in [6.45, 7) is 4.79. The molecule has 90 valence electrons. The van der Waals surface area contributed by atoms with Crippen molar-refractivity contribution in [3.8, 4) is 0 Å². The lowest BCUT2D eigenvalue weighted by atomic mass is 10.1. The Labute approximate surface area is 101 Å². The van der Waals surface area contributed by atoms with Crippen LogP contribution >= 0.6 is 0 Å². The maximum absolute atomic E-state index is 5.86. The van der Waals surface area contributed by atoms with E-state index in [4.69, 9.17) is 5.73 Å². The van der Waals surface area contributed by atoms with Crippen molar-refractivity contribution in [1.29, 1.82) is 0 Å². The highest BCUT2D eigenvalue weighted by Gasteiger charge is 2.10. The monoisotopic (exact) mass is 230 g/mol. The molecule has 0 saturated heterocycles. The van der Waals surface area contributed by atoms with E-state index in [0.717, 1.165) is 18.2 Å². The Balaban J connectivity index is 2.14. The van der Waals surface area contributed by atoms with Gasteiger partial charge in [0.25, 0.3) is 0 Å². The average Bonchev–Trinajstić information content (AvgIpc) is 2.61. The van der Waals surface area contributed by atoms with Crippen molar-refractivity contribution in [3.63, 3.8) is 0 Å². The molecule has 0 amide bonds. The number of aryl methyl sites for hydroxylation is 2. The average molecular weight is 230 g/mol. The first kappa shape index (κ1) is 11.5. The fourth-order valence-electron chi connectivity index (χ4n) is 1.83. The summed E-state index contributed by atoms with van der Waals surface area (Å²) in [4.78, 5) is 9.42. The van der Waals surface area contributed by atoms with E-state index in [-0.39, 0.29) is 0 Å². The molecule has 0 fully saturated rings. The summed E-state index contributed by atoms with van der Waals surface area (Å²) in [5.41, 5.74) is 8.38. The second-order valence-corrected chi connectivity index (χ2v) is 4.40. The summed E-state index contributed by atoms with van der Waals surface area (Å²) < 4.78 is 0. The Morgan fingerprint density at radius 1 is 1.24 bits per heavy atom. The Kier molecular flexibility index (Phi) is 3.04. The molecule has 1 aromatic carbocycles. The number of nitrogen functional groups attached to an aromatic ring is 1. The third-order valence-electron chi connectivity index (χ3n) is 2.73. The number of imidazole rings is 1. The fraction of sp³-hybridized carbons (Fsp3) is 0.308. The Morgan fingerprint density at radius 3 is 2.41 bits per heavy atom. The molecule has 17 heavy (non-hydrogen) atoms. The number of nitrogens with two attached hydrogens (primary N) is 1. The Bertz CT molecular complexity index is 499. The molecular weight excluding hydrogens is 212 g/mol. The maximum Gasteiger partial charge on any atom is 0.171 e. The highest BCUT2D eigenvalue weighted by Crippen LogP contribution is 2.20. The third-order valence-corrected chi connectivity index (χ3v) is 2.73. The van der Waals surface area contributed by atoms with Crippen molar-refractivity contribution in [1.82, 2.24) is 9.97 Å². The number of aromatic amines is 1. The lowest BCUT2D eigenvalue weighted by Crippen LogP contribution is -2.18. The van der Waals surface area contributed by atoms with Crippen LogP contribution in [0.15, 0.2) is 24.3 Å². The summed E-state index contributed by atoms with van der Waals surface area (Å²) in [7, 11) is 1.99. The van der Waals surface area contributed by atoms with E-state index in [2.05, 4.69) is 41.2 Å². The van der Waals surface area contributed by atoms with Crippen LogP contribution in [0.3, 0.4) is 0 Å². The van der Waals surface area contributed by atoms with Gasteiger partial charge in [-0.3, -0.25) is 0 Å². The zero-order valence-electron chi connectivity index (χ0n) is 10.5. The van der Waals surface area contributed by atoms with Gasteiger partial charge in [0.15, 0.2) is 5.82 Å². The smallest absolute Gasteiger partial charge is 0.171 e. The lowest BCUT2D eigenvalue weighted by molar-refractivity contribution is 0.902. The van der Waals surface area contributed by atoms with E-state index in [0.29, 0.717) is 5.82 Å².